The fourth-order valence-electron chi connectivity index (χ4n) is 8.13. The van der Waals surface area contributed by atoms with Crippen LogP contribution in [0.2, 0.25) is 0 Å². The van der Waals surface area contributed by atoms with Gasteiger partial charge in [0.2, 0.25) is 0 Å². The van der Waals surface area contributed by atoms with Crippen molar-refractivity contribution in [1.82, 2.24) is 39.9 Å². The molecule has 4 fully saturated rings. The molecule has 10 rings (SSSR count). The number of hydrogen-bond acceptors (Lipinski definition) is 19. The van der Waals surface area contributed by atoms with Gasteiger partial charge in [-0.05, 0) is 75.6 Å². The molecule has 19 nitrogen and oxygen atoms in total. The van der Waals surface area contributed by atoms with E-state index in [1.54, 1.807) is 55.5 Å². The van der Waals surface area contributed by atoms with Crippen molar-refractivity contribution in [2.45, 2.75) is 75.8 Å². The number of rotatable bonds is 10. The molecule has 0 bridgehead atoms. The maximum Gasteiger partial charge on any atom is 0.316 e. The van der Waals surface area contributed by atoms with Gasteiger partial charge >= 0.3 is 12.0 Å². The lowest BCUT2D eigenvalue weighted by Crippen LogP contribution is -2.36. The molecule has 0 atom stereocenters. The normalized spacial score (nSPS) is 21.3. The Hall–Kier alpha value is -6.09. The van der Waals surface area contributed by atoms with Gasteiger partial charge in [0.15, 0.2) is 0 Å². The minimum atomic E-state index is -3.37. The molecule has 4 aliphatic rings. The minimum Gasteiger partial charge on any atom is -0.507 e. The Kier molecular flexibility index (Phi) is 15.5. The Morgan fingerprint density at radius 2 is 1.02 bits per heavy atom. The molecule has 0 amide bonds. The van der Waals surface area contributed by atoms with Crippen LogP contribution in [0.4, 0.5) is 11.4 Å². The fraction of sp³-hybridized carbons (Fsp3) is 0.467. The van der Waals surface area contributed by atoms with Crippen LogP contribution in [-0.2, 0) is 23.8 Å². The van der Waals surface area contributed by atoms with Crippen LogP contribution in [0.15, 0.2) is 86.2 Å². The Bertz CT molecular complexity index is 2530. The first kappa shape index (κ1) is 45.5. The molecule has 2 aliphatic heterocycles. The molecule has 2 aromatic carbocycles. The maximum atomic E-state index is 11.0. The molecule has 346 valence electrons. The van der Waals surface area contributed by atoms with Crippen molar-refractivity contribution in [2.24, 2.45) is 0 Å². The number of benzene rings is 2. The van der Waals surface area contributed by atoms with Gasteiger partial charge in [0.05, 0.1) is 66.7 Å². The first-order valence-corrected chi connectivity index (χ1v) is 23.8. The molecular weight excluding hydrogens is 857 g/mol. The summed E-state index contributed by atoms with van der Waals surface area (Å²) in [5.41, 5.74) is 3.78. The Morgan fingerprint density at radius 1 is 0.585 bits per heavy atom. The smallest absolute Gasteiger partial charge is 0.316 e. The lowest BCUT2D eigenvalue weighted by molar-refractivity contribution is 0.0758. The summed E-state index contributed by atoms with van der Waals surface area (Å²) in [5.74, 6) is 1.08. The second-order valence-corrected chi connectivity index (χ2v) is 17.6. The van der Waals surface area contributed by atoms with Gasteiger partial charge in [0.1, 0.15) is 36.4 Å². The average molecular weight is 913 g/mol. The van der Waals surface area contributed by atoms with E-state index < -0.39 is 10.1 Å². The Balaban J connectivity index is 0.000000156. The van der Waals surface area contributed by atoms with Crippen molar-refractivity contribution in [2.75, 3.05) is 68.7 Å². The molecule has 2 aliphatic carbocycles. The average Bonchev–Trinajstić information content (AvgIpc) is 3.34. The van der Waals surface area contributed by atoms with E-state index in [1.165, 1.54) is 6.33 Å². The number of ether oxygens (including phenoxy) is 5. The predicted octanol–water partition coefficient (Wildman–Crippen LogP) is 5.59. The third kappa shape index (κ3) is 13.2. The quantitative estimate of drug-likeness (QED) is 0.166. The topological polar surface area (TPSA) is 219 Å². The van der Waals surface area contributed by atoms with E-state index in [0.29, 0.717) is 30.2 Å². The zero-order chi connectivity index (χ0) is 44.9. The van der Waals surface area contributed by atoms with Crippen LogP contribution in [0.25, 0.3) is 21.8 Å². The molecule has 0 unspecified atom stereocenters. The third-order valence-corrected chi connectivity index (χ3v) is 12.0. The van der Waals surface area contributed by atoms with Crippen molar-refractivity contribution < 1.29 is 42.8 Å². The molecule has 0 radical (unpaired) electrons. The number of hydrogen-bond donors (Lipinski definition) is 1. The van der Waals surface area contributed by atoms with Gasteiger partial charge in [-0.15, -0.1) is 0 Å². The number of phenols is 1. The minimum absolute atomic E-state index is 0. The van der Waals surface area contributed by atoms with E-state index in [2.05, 4.69) is 61.8 Å². The number of morpholine rings is 2. The molecule has 4 aromatic heterocycles. The highest BCUT2D eigenvalue weighted by Gasteiger charge is 2.27. The highest BCUT2D eigenvalue weighted by atomic mass is 32.2. The van der Waals surface area contributed by atoms with E-state index in [9.17, 15) is 13.5 Å². The summed E-state index contributed by atoms with van der Waals surface area (Å²) in [7, 11) is -3.37. The van der Waals surface area contributed by atoms with Gasteiger partial charge < -0.3 is 38.6 Å². The van der Waals surface area contributed by atoms with Gasteiger partial charge in [0, 0.05) is 88.3 Å². The zero-order valence-corrected chi connectivity index (χ0v) is 37.1. The van der Waals surface area contributed by atoms with E-state index in [-0.39, 0.29) is 31.6 Å². The second-order valence-electron chi connectivity index (χ2n) is 16.0. The lowest BCUT2D eigenvalue weighted by Gasteiger charge is -2.31. The molecule has 0 spiro atoms. The second kappa shape index (κ2) is 22.2. The third-order valence-electron chi connectivity index (χ3n) is 11.4. The number of nitrogens with zero attached hydrogens (tertiary/aromatic N) is 10. The number of anilines is 2. The first-order valence-electron chi connectivity index (χ1n) is 22.0. The predicted molar refractivity (Wildman–Crippen MR) is 243 cm³/mol. The highest BCUT2D eigenvalue weighted by Crippen LogP contribution is 2.34. The summed E-state index contributed by atoms with van der Waals surface area (Å²) in [4.78, 5) is 37.6. The van der Waals surface area contributed by atoms with Crippen LogP contribution in [-0.4, -0.2) is 137 Å². The van der Waals surface area contributed by atoms with Crippen molar-refractivity contribution in [1.29, 1.82) is 0 Å². The van der Waals surface area contributed by atoms with Crippen LogP contribution >= 0.6 is 0 Å². The van der Waals surface area contributed by atoms with Crippen LogP contribution in [0.3, 0.4) is 0 Å². The monoisotopic (exact) mass is 912 g/mol. The number of aromatic hydroxyl groups is 1. The summed E-state index contributed by atoms with van der Waals surface area (Å²) in [6.45, 7) is 6.37. The Morgan fingerprint density at radius 3 is 1.51 bits per heavy atom. The van der Waals surface area contributed by atoms with Gasteiger partial charge in [0.25, 0.3) is 10.1 Å². The van der Waals surface area contributed by atoms with Gasteiger partial charge in [-0.2, -0.15) is 8.42 Å². The summed E-state index contributed by atoms with van der Waals surface area (Å²) >= 11 is 0. The summed E-state index contributed by atoms with van der Waals surface area (Å²) in [6.07, 6.45) is 20.9. The number of aromatic nitrogens is 8. The van der Waals surface area contributed by atoms with E-state index in [1.807, 2.05) is 12.3 Å². The highest BCUT2D eigenvalue weighted by molar-refractivity contribution is 7.86. The van der Waals surface area contributed by atoms with E-state index in [4.69, 9.17) is 27.9 Å². The van der Waals surface area contributed by atoms with Crippen molar-refractivity contribution >= 4 is 43.3 Å². The lowest BCUT2D eigenvalue weighted by atomic mass is 9.95. The van der Waals surface area contributed by atoms with Crippen LogP contribution in [0.5, 0.6) is 23.5 Å². The first-order chi connectivity index (χ1) is 31.7. The largest absolute Gasteiger partial charge is 0.507 e. The van der Waals surface area contributed by atoms with Gasteiger partial charge in [-0.3, -0.25) is 4.18 Å². The molecule has 2 saturated carbocycles. The zero-order valence-electron chi connectivity index (χ0n) is 36.3. The van der Waals surface area contributed by atoms with Crippen LogP contribution < -0.4 is 24.0 Å². The van der Waals surface area contributed by atoms with Crippen LogP contribution in [0, 0.1) is 0 Å². The molecule has 20 heteroatoms. The van der Waals surface area contributed by atoms with Gasteiger partial charge in [-0.1, -0.05) is 0 Å². The molecule has 6 aromatic rings. The summed E-state index contributed by atoms with van der Waals surface area (Å²) in [5, 5.41) is 11.6. The number of phenolic OH excluding ortho intramolecular Hbond substituents is 1. The van der Waals surface area contributed by atoms with Crippen molar-refractivity contribution in [3.63, 3.8) is 0 Å². The molecular formula is C45H56N10O9S. The molecule has 2 saturated heterocycles. The summed E-state index contributed by atoms with van der Waals surface area (Å²) in [6, 6.07) is 12.3. The van der Waals surface area contributed by atoms with E-state index in [0.717, 1.165) is 131 Å². The van der Waals surface area contributed by atoms with E-state index >= 15 is 0 Å². The fourth-order valence-corrected chi connectivity index (χ4v) is 8.81. The van der Waals surface area contributed by atoms with Crippen molar-refractivity contribution in [3.8, 4) is 23.5 Å². The molecule has 6 heterocycles. The summed E-state index contributed by atoms with van der Waals surface area (Å²) < 4.78 is 55.7. The van der Waals surface area contributed by atoms with Gasteiger partial charge in [-0.25, -0.2) is 39.9 Å². The van der Waals surface area contributed by atoms with Crippen molar-refractivity contribution in [3.05, 3.63) is 86.2 Å². The van der Waals surface area contributed by atoms with Crippen LogP contribution in [0.1, 0.15) is 52.8 Å². The molecule has 1 N–H and O–H groups in total. The standard InChI is InChI=1S/C22H25N5O3.C12H13N3O2.C11H16N2O4S.H2/c1-6-24-22(25-7-1)30-18-4-2-17(3-5-18)29-21-13-16(27-8-10-28-11-9-27)12-20-19(21)14-23-15-26-20;16-12-6-9(15-1-3-17-4-2-15)5-11-10(12)7-13-8-14-11;1-18(14,15)17-10-5-3-9(4-6-10)16-11-12-7-2-8-13-11;/h1,6-7,12-15,17-18H,2-5,8-11H2;5-8,16H,1-4H2;2,7-10H,3-6H2,1H3;1H. The number of fused-ring (bicyclic) bond motifs is 2. The SMILES string of the molecule is CS(=O)(=O)OC1CCC(Oc2ncccn2)CC1.Oc1cc(N2CCOCC2)cc2ncncc12.[HH].c1cnc(OC2CCC(Oc3cc(N4CCOCC4)cc4ncncc34)CC2)nc1. The molecule has 65 heavy (non-hydrogen) atoms. The maximum absolute atomic E-state index is 11.0. The Labute approximate surface area is 379 Å².